The van der Waals surface area contributed by atoms with Crippen molar-refractivity contribution in [3.8, 4) is 0 Å². The van der Waals surface area contributed by atoms with Gasteiger partial charge in [0.1, 0.15) is 6.54 Å². The molecule has 0 bridgehead atoms. The quantitative estimate of drug-likeness (QED) is 0.620. The molecule has 1 aromatic rings. The first kappa shape index (κ1) is 14.2. The summed E-state index contributed by atoms with van der Waals surface area (Å²) in [6, 6.07) is 0.358. The lowest BCUT2D eigenvalue weighted by molar-refractivity contribution is -0.118. The topological polar surface area (TPSA) is 102 Å². The number of nitrogens with one attached hydrogen (secondary N) is 2. The maximum atomic E-state index is 11.5. The van der Waals surface area contributed by atoms with Gasteiger partial charge < -0.3 is 16.4 Å². The zero-order valence-corrected chi connectivity index (χ0v) is 10.6. The van der Waals surface area contributed by atoms with Crippen LogP contribution in [0.15, 0.2) is 12.4 Å². The number of rotatable bonds is 7. The Labute approximate surface area is 106 Å². The lowest BCUT2D eigenvalue weighted by Crippen LogP contribution is -2.27. The fraction of sp³-hybridized carbons (Fsp3) is 0.545. The molecule has 0 aliphatic rings. The Kier molecular flexibility index (Phi) is 5.31. The number of aromatic nitrogens is 2. The SMILES string of the molecule is CC(C)NCCC(=O)Nc1cnn(CC(N)=O)c1. The molecule has 1 aromatic heterocycles. The second-order valence-electron chi connectivity index (χ2n) is 4.30. The molecule has 0 aliphatic carbocycles. The number of nitrogens with two attached hydrogens (primary N) is 1. The van der Waals surface area contributed by atoms with E-state index in [0.717, 1.165) is 0 Å². The zero-order valence-electron chi connectivity index (χ0n) is 10.6. The van der Waals surface area contributed by atoms with Crippen molar-refractivity contribution in [1.29, 1.82) is 0 Å². The number of carbonyl (C=O) groups is 2. The van der Waals surface area contributed by atoms with E-state index >= 15 is 0 Å². The number of amides is 2. The first-order valence-corrected chi connectivity index (χ1v) is 5.81. The fourth-order valence-corrected chi connectivity index (χ4v) is 1.37. The first-order valence-electron chi connectivity index (χ1n) is 5.81. The predicted molar refractivity (Wildman–Crippen MR) is 67.8 cm³/mol. The Morgan fingerprint density at radius 2 is 2.22 bits per heavy atom. The van der Waals surface area contributed by atoms with Crippen LogP contribution in [-0.4, -0.2) is 34.2 Å². The van der Waals surface area contributed by atoms with Crippen LogP contribution in [0.2, 0.25) is 0 Å². The molecular weight excluding hydrogens is 234 g/mol. The van der Waals surface area contributed by atoms with Crippen molar-refractivity contribution >= 4 is 17.5 Å². The maximum Gasteiger partial charge on any atom is 0.239 e. The summed E-state index contributed by atoms with van der Waals surface area (Å²) in [6.07, 6.45) is 3.44. The smallest absolute Gasteiger partial charge is 0.239 e. The lowest BCUT2D eigenvalue weighted by atomic mass is 10.3. The summed E-state index contributed by atoms with van der Waals surface area (Å²) in [7, 11) is 0. The molecular formula is C11H19N5O2. The van der Waals surface area contributed by atoms with Crippen LogP contribution < -0.4 is 16.4 Å². The van der Waals surface area contributed by atoms with Gasteiger partial charge in [0, 0.05) is 25.2 Å². The predicted octanol–water partition coefficient (Wildman–Crippen LogP) is -0.305. The standard InChI is InChI=1S/C11H19N5O2/c1-8(2)13-4-3-11(18)15-9-5-14-16(6-9)7-10(12)17/h5-6,8,13H,3-4,7H2,1-2H3,(H2,12,17)(H,15,18). The minimum absolute atomic E-state index is 0.00474. The third kappa shape index (κ3) is 5.44. The molecule has 2 amide bonds. The van der Waals surface area contributed by atoms with Gasteiger partial charge >= 0.3 is 0 Å². The van der Waals surface area contributed by atoms with Crippen molar-refractivity contribution in [2.45, 2.75) is 32.9 Å². The van der Waals surface area contributed by atoms with E-state index in [-0.39, 0.29) is 12.5 Å². The summed E-state index contributed by atoms with van der Waals surface area (Å²) < 4.78 is 1.38. The van der Waals surface area contributed by atoms with E-state index in [4.69, 9.17) is 5.73 Å². The number of carbonyl (C=O) groups excluding carboxylic acids is 2. The Morgan fingerprint density at radius 1 is 1.50 bits per heavy atom. The summed E-state index contributed by atoms with van der Waals surface area (Å²) in [4.78, 5) is 22.2. The third-order valence-electron chi connectivity index (χ3n) is 2.14. The van der Waals surface area contributed by atoms with E-state index in [1.807, 2.05) is 13.8 Å². The molecule has 18 heavy (non-hydrogen) atoms. The molecule has 0 saturated carbocycles. The average molecular weight is 253 g/mol. The summed E-state index contributed by atoms with van der Waals surface area (Å²) in [5.74, 6) is -0.570. The number of nitrogens with zero attached hydrogens (tertiary/aromatic N) is 2. The van der Waals surface area contributed by atoms with Crippen LogP contribution in [0.1, 0.15) is 20.3 Å². The number of hydrogen-bond donors (Lipinski definition) is 3. The second-order valence-corrected chi connectivity index (χ2v) is 4.30. The van der Waals surface area contributed by atoms with Gasteiger partial charge in [-0.1, -0.05) is 13.8 Å². The summed E-state index contributed by atoms with van der Waals surface area (Å²) >= 11 is 0. The number of anilines is 1. The van der Waals surface area contributed by atoms with Crippen molar-refractivity contribution in [1.82, 2.24) is 15.1 Å². The lowest BCUT2D eigenvalue weighted by Gasteiger charge is -2.07. The molecule has 0 atom stereocenters. The molecule has 0 aromatic carbocycles. The zero-order chi connectivity index (χ0) is 13.5. The molecule has 0 radical (unpaired) electrons. The molecule has 7 nitrogen and oxygen atoms in total. The van der Waals surface area contributed by atoms with Gasteiger partial charge in [-0.3, -0.25) is 14.3 Å². The van der Waals surface area contributed by atoms with Crippen molar-refractivity contribution in [2.24, 2.45) is 5.73 Å². The van der Waals surface area contributed by atoms with Gasteiger partial charge in [0.05, 0.1) is 11.9 Å². The Balaban J connectivity index is 2.35. The van der Waals surface area contributed by atoms with Crippen molar-refractivity contribution < 1.29 is 9.59 Å². The Hall–Kier alpha value is -1.89. The summed E-state index contributed by atoms with van der Waals surface area (Å²) in [5.41, 5.74) is 5.59. The second kappa shape index (κ2) is 6.75. The molecule has 4 N–H and O–H groups in total. The fourth-order valence-electron chi connectivity index (χ4n) is 1.37. The Bertz CT molecular complexity index is 413. The van der Waals surface area contributed by atoms with E-state index in [9.17, 15) is 9.59 Å². The molecule has 1 rings (SSSR count). The van der Waals surface area contributed by atoms with Gasteiger partial charge in [0.2, 0.25) is 11.8 Å². The molecule has 0 unspecified atom stereocenters. The molecule has 0 aliphatic heterocycles. The van der Waals surface area contributed by atoms with Gasteiger partial charge in [-0.25, -0.2) is 0 Å². The number of primary amides is 1. The highest BCUT2D eigenvalue weighted by Crippen LogP contribution is 2.04. The van der Waals surface area contributed by atoms with Crippen LogP contribution in [0.3, 0.4) is 0 Å². The van der Waals surface area contributed by atoms with Gasteiger partial charge in [0.25, 0.3) is 0 Å². The molecule has 0 saturated heterocycles. The van der Waals surface area contributed by atoms with E-state index in [0.29, 0.717) is 24.7 Å². The van der Waals surface area contributed by atoms with Crippen LogP contribution >= 0.6 is 0 Å². The highest BCUT2D eigenvalue weighted by Gasteiger charge is 2.05. The minimum Gasteiger partial charge on any atom is -0.368 e. The minimum atomic E-state index is -0.475. The normalized spacial score (nSPS) is 10.6. The van der Waals surface area contributed by atoms with Crippen molar-refractivity contribution in [2.75, 3.05) is 11.9 Å². The van der Waals surface area contributed by atoms with E-state index in [2.05, 4.69) is 15.7 Å². The van der Waals surface area contributed by atoms with Crippen LogP contribution in [-0.2, 0) is 16.1 Å². The monoisotopic (exact) mass is 253 g/mol. The largest absolute Gasteiger partial charge is 0.368 e. The first-order chi connectivity index (χ1) is 8.47. The summed E-state index contributed by atoms with van der Waals surface area (Å²) in [6.45, 7) is 4.67. The van der Waals surface area contributed by atoms with Crippen molar-refractivity contribution in [3.63, 3.8) is 0 Å². The third-order valence-corrected chi connectivity index (χ3v) is 2.14. The van der Waals surface area contributed by atoms with E-state index in [1.165, 1.54) is 10.9 Å². The van der Waals surface area contributed by atoms with Crippen molar-refractivity contribution in [3.05, 3.63) is 12.4 Å². The van der Waals surface area contributed by atoms with Gasteiger partial charge in [0.15, 0.2) is 0 Å². The summed E-state index contributed by atoms with van der Waals surface area (Å²) in [5, 5.41) is 9.75. The van der Waals surface area contributed by atoms with Crippen LogP contribution in [0.4, 0.5) is 5.69 Å². The number of hydrogen-bond acceptors (Lipinski definition) is 4. The van der Waals surface area contributed by atoms with Gasteiger partial charge in [-0.15, -0.1) is 0 Å². The molecule has 7 heteroatoms. The molecule has 1 heterocycles. The van der Waals surface area contributed by atoms with Gasteiger partial charge in [-0.2, -0.15) is 5.10 Å². The van der Waals surface area contributed by atoms with Crippen LogP contribution in [0.25, 0.3) is 0 Å². The van der Waals surface area contributed by atoms with E-state index < -0.39 is 5.91 Å². The van der Waals surface area contributed by atoms with Crippen LogP contribution in [0.5, 0.6) is 0 Å². The highest BCUT2D eigenvalue weighted by molar-refractivity contribution is 5.90. The molecule has 100 valence electrons. The maximum absolute atomic E-state index is 11.5. The van der Waals surface area contributed by atoms with E-state index in [1.54, 1.807) is 6.20 Å². The van der Waals surface area contributed by atoms with Crippen LogP contribution in [0, 0.1) is 0 Å². The highest BCUT2D eigenvalue weighted by atomic mass is 16.2. The van der Waals surface area contributed by atoms with Gasteiger partial charge in [-0.05, 0) is 0 Å². The molecule has 0 spiro atoms. The Morgan fingerprint density at radius 3 is 2.83 bits per heavy atom. The molecule has 0 fully saturated rings. The average Bonchev–Trinajstić information content (AvgIpc) is 2.63.